The van der Waals surface area contributed by atoms with Crippen LogP contribution >= 0.6 is 15.9 Å². The van der Waals surface area contributed by atoms with Gasteiger partial charge in [0.1, 0.15) is 6.04 Å². The Kier molecular flexibility index (Phi) is 3.40. The molecule has 1 unspecified atom stereocenters. The summed E-state index contributed by atoms with van der Waals surface area (Å²) >= 11 is 3.47. The normalized spacial score (nSPS) is 37.3. The molecule has 1 heterocycles. The Morgan fingerprint density at radius 3 is 2.32 bits per heavy atom. The minimum Gasteiger partial charge on any atom is -0.349 e. The zero-order chi connectivity index (χ0) is 15.5. The lowest BCUT2D eigenvalue weighted by Gasteiger charge is -2.57. The lowest BCUT2D eigenvalue weighted by molar-refractivity contribution is -0.130. The predicted octanol–water partition coefficient (Wildman–Crippen LogP) is 3.60. The maximum atomic E-state index is 12.8. The molecule has 120 valence electrons. The summed E-state index contributed by atoms with van der Waals surface area (Å²) in [6.07, 6.45) is 9.54. The zero-order valence-corrected chi connectivity index (χ0v) is 14.9. The Morgan fingerprint density at radius 2 is 1.86 bits per heavy atom. The van der Waals surface area contributed by atoms with Gasteiger partial charge in [-0.1, -0.05) is 0 Å². The van der Waals surface area contributed by atoms with Crippen molar-refractivity contribution < 1.29 is 4.79 Å². The average molecular weight is 366 g/mol. The third kappa shape index (κ3) is 2.32. The second-order valence-corrected chi connectivity index (χ2v) is 8.74. The molecule has 0 saturated heterocycles. The van der Waals surface area contributed by atoms with Crippen LogP contribution in [0.5, 0.6) is 0 Å². The largest absolute Gasteiger partial charge is 0.349 e. The van der Waals surface area contributed by atoms with Gasteiger partial charge in [-0.15, -0.1) is 0 Å². The van der Waals surface area contributed by atoms with Gasteiger partial charge in [0.25, 0.3) is 0 Å². The molecule has 1 atom stereocenters. The first-order chi connectivity index (χ1) is 10.5. The van der Waals surface area contributed by atoms with Crippen molar-refractivity contribution >= 4 is 21.8 Å². The third-order valence-corrected chi connectivity index (χ3v) is 6.94. The SMILES string of the molecule is Cc1c(Br)cnn1C(C)C(=O)NC12CC3CC(CC(C3)C1)C2. The third-order valence-electron chi connectivity index (χ3n) is 6.16. The first kappa shape index (κ1) is 14.7. The van der Waals surface area contributed by atoms with Crippen LogP contribution in [0.15, 0.2) is 10.7 Å². The lowest BCUT2D eigenvalue weighted by Crippen LogP contribution is -2.60. The number of carbonyl (C=O) groups is 1. The van der Waals surface area contributed by atoms with E-state index in [0.717, 1.165) is 27.9 Å². The van der Waals surface area contributed by atoms with Gasteiger partial charge in [0.2, 0.25) is 5.91 Å². The standard InChI is InChI=1S/C17H24BrN3O/c1-10-15(18)9-19-21(10)11(2)16(22)20-17-6-12-3-13(7-17)5-14(4-12)8-17/h9,11-14H,3-8H2,1-2H3,(H,20,22). The highest BCUT2D eigenvalue weighted by Gasteiger charge is 2.51. The lowest BCUT2D eigenvalue weighted by atomic mass is 9.53. The van der Waals surface area contributed by atoms with Crippen molar-refractivity contribution in [3.63, 3.8) is 0 Å². The van der Waals surface area contributed by atoms with Crippen molar-refractivity contribution in [3.8, 4) is 0 Å². The molecule has 0 aliphatic heterocycles. The van der Waals surface area contributed by atoms with Crippen LogP contribution in [0.3, 0.4) is 0 Å². The number of aromatic nitrogens is 2. The van der Waals surface area contributed by atoms with E-state index in [1.54, 1.807) is 6.20 Å². The van der Waals surface area contributed by atoms with Crippen LogP contribution in [0.4, 0.5) is 0 Å². The molecule has 0 spiro atoms. The van der Waals surface area contributed by atoms with Gasteiger partial charge in [-0.2, -0.15) is 5.10 Å². The maximum Gasteiger partial charge on any atom is 0.245 e. The van der Waals surface area contributed by atoms with E-state index in [2.05, 4.69) is 26.3 Å². The molecule has 4 nitrogen and oxygen atoms in total. The summed E-state index contributed by atoms with van der Waals surface area (Å²) < 4.78 is 2.78. The van der Waals surface area contributed by atoms with E-state index in [1.807, 2.05) is 18.5 Å². The van der Waals surface area contributed by atoms with E-state index >= 15 is 0 Å². The highest BCUT2D eigenvalue weighted by atomic mass is 79.9. The minimum atomic E-state index is -0.251. The molecule has 0 aromatic carbocycles. The smallest absolute Gasteiger partial charge is 0.245 e. The number of halogens is 1. The minimum absolute atomic E-state index is 0.0817. The average Bonchev–Trinajstić information content (AvgIpc) is 2.76. The molecule has 1 N–H and O–H groups in total. The van der Waals surface area contributed by atoms with Crippen LogP contribution in [-0.2, 0) is 4.79 Å². The fourth-order valence-corrected chi connectivity index (χ4v) is 5.81. The van der Waals surface area contributed by atoms with Crippen molar-refractivity contribution in [2.45, 2.75) is 64.0 Å². The van der Waals surface area contributed by atoms with E-state index in [9.17, 15) is 4.79 Å². The predicted molar refractivity (Wildman–Crippen MR) is 88.4 cm³/mol. The molecule has 1 aromatic rings. The number of amides is 1. The number of carbonyl (C=O) groups excluding carboxylic acids is 1. The fourth-order valence-electron chi connectivity index (χ4n) is 5.53. The van der Waals surface area contributed by atoms with Crippen LogP contribution in [0.2, 0.25) is 0 Å². The quantitative estimate of drug-likeness (QED) is 0.889. The number of nitrogens with zero attached hydrogens (tertiary/aromatic N) is 2. The van der Waals surface area contributed by atoms with Crippen LogP contribution in [-0.4, -0.2) is 21.2 Å². The summed E-state index contributed by atoms with van der Waals surface area (Å²) in [6.45, 7) is 3.94. The highest BCUT2D eigenvalue weighted by molar-refractivity contribution is 9.10. The maximum absolute atomic E-state index is 12.8. The summed E-state index contributed by atoms with van der Waals surface area (Å²) in [4.78, 5) is 12.8. The Hall–Kier alpha value is -0.840. The molecule has 0 radical (unpaired) electrons. The van der Waals surface area contributed by atoms with Crippen LogP contribution in [0, 0.1) is 24.7 Å². The fraction of sp³-hybridized carbons (Fsp3) is 0.765. The Balaban J connectivity index is 1.51. The van der Waals surface area contributed by atoms with E-state index in [0.29, 0.717) is 0 Å². The van der Waals surface area contributed by atoms with Crippen molar-refractivity contribution in [2.24, 2.45) is 17.8 Å². The van der Waals surface area contributed by atoms with Gasteiger partial charge < -0.3 is 5.32 Å². The van der Waals surface area contributed by atoms with E-state index in [1.165, 1.54) is 38.5 Å². The monoisotopic (exact) mass is 365 g/mol. The zero-order valence-electron chi connectivity index (χ0n) is 13.3. The molecule has 4 aliphatic rings. The van der Waals surface area contributed by atoms with Gasteiger partial charge in [0, 0.05) is 5.54 Å². The van der Waals surface area contributed by atoms with E-state index < -0.39 is 0 Å². The molecule has 1 aromatic heterocycles. The number of nitrogens with one attached hydrogen (secondary N) is 1. The number of hydrogen-bond acceptors (Lipinski definition) is 2. The number of rotatable bonds is 3. The molecule has 4 fully saturated rings. The van der Waals surface area contributed by atoms with Crippen molar-refractivity contribution in [3.05, 3.63) is 16.4 Å². The Morgan fingerprint density at radius 1 is 1.32 bits per heavy atom. The molecule has 4 bridgehead atoms. The van der Waals surface area contributed by atoms with Crippen LogP contribution < -0.4 is 5.32 Å². The summed E-state index contributed by atoms with van der Waals surface area (Å²) in [5.74, 6) is 2.67. The van der Waals surface area contributed by atoms with Crippen LogP contribution in [0.25, 0.3) is 0 Å². The second kappa shape index (κ2) is 5.08. The van der Waals surface area contributed by atoms with Crippen molar-refractivity contribution in [1.82, 2.24) is 15.1 Å². The number of hydrogen-bond donors (Lipinski definition) is 1. The van der Waals surface area contributed by atoms with E-state index in [4.69, 9.17) is 0 Å². The van der Waals surface area contributed by atoms with Crippen molar-refractivity contribution in [1.29, 1.82) is 0 Å². The highest BCUT2D eigenvalue weighted by Crippen LogP contribution is 2.55. The first-order valence-corrected chi connectivity index (χ1v) is 9.27. The van der Waals surface area contributed by atoms with Gasteiger partial charge in [-0.05, 0) is 86.1 Å². The molecular formula is C17H24BrN3O. The first-order valence-electron chi connectivity index (χ1n) is 8.47. The molecule has 4 saturated carbocycles. The van der Waals surface area contributed by atoms with Crippen molar-refractivity contribution in [2.75, 3.05) is 0 Å². The molecule has 4 aliphatic carbocycles. The topological polar surface area (TPSA) is 46.9 Å². The van der Waals surface area contributed by atoms with Gasteiger partial charge in [0.05, 0.1) is 16.4 Å². The van der Waals surface area contributed by atoms with Crippen LogP contribution in [0.1, 0.15) is 57.2 Å². The molecule has 5 rings (SSSR count). The van der Waals surface area contributed by atoms with Gasteiger partial charge in [0.15, 0.2) is 0 Å². The van der Waals surface area contributed by atoms with Gasteiger partial charge >= 0.3 is 0 Å². The Labute approximate surface area is 140 Å². The summed E-state index contributed by atoms with van der Waals surface area (Å²) in [6, 6.07) is -0.251. The molecule has 5 heteroatoms. The summed E-state index contributed by atoms with van der Waals surface area (Å²) in [7, 11) is 0. The molecule has 22 heavy (non-hydrogen) atoms. The molecular weight excluding hydrogens is 342 g/mol. The summed E-state index contributed by atoms with van der Waals surface area (Å²) in [5.41, 5.74) is 1.09. The van der Waals surface area contributed by atoms with Gasteiger partial charge in [-0.25, -0.2) is 0 Å². The second-order valence-electron chi connectivity index (χ2n) is 7.89. The van der Waals surface area contributed by atoms with E-state index in [-0.39, 0.29) is 17.5 Å². The Bertz CT molecular complexity index is 574. The summed E-state index contributed by atoms with van der Waals surface area (Å²) in [5, 5.41) is 7.78. The van der Waals surface area contributed by atoms with Gasteiger partial charge in [-0.3, -0.25) is 9.48 Å². The molecule has 1 amide bonds.